The Labute approximate surface area is 234 Å². The van der Waals surface area contributed by atoms with Crippen molar-refractivity contribution in [3.8, 4) is 11.5 Å². The van der Waals surface area contributed by atoms with Gasteiger partial charge in [0.2, 0.25) is 0 Å². The van der Waals surface area contributed by atoms with Crippen molar-refractivity contribution in [1.29, 1.82) is 0 Å². The normalized spacial score (nSPS) is 11.5. The number of hydrogen-bond donors (Lipinski definition) is 0. The van der Waals surface area contributed by atoms with Gasteiger partial charge in [0.15, 0.2) is 5.78 Å². The van der Waals surface area contributed by atoms with Crippen molar-refractivity contribution in [2.45, 2.75) is 53.9 Å². The fourth-order valence-electron chi connectivity index (χ4n) is 4.49. The Hall–Kier alpha value is -4.17. The van der Waals surface area contributed by atoms with Crippen LogP contribution >= 0.6 is 0 Å². The average molecular weight is 517 g/mol. The molecule has 0 N–H and O–H groups in total. The molecule has 2 heteroatoms. The summed E-state index contributed by atoms with van der Waals surface area (Å²) in [6.45, 7) is 10.4. The van der Waals surface area contributed by atoms with Crippen LogP contribution in [-0.4, -0.2) is 5.78 Å². The maximum Gasteiger partial charge on any atom is 0.163 e. The summed E-state index contributed by atoms with van der Waals surface area (Å²) in [7, 11) is 0. The largest absolute Gasteiger partial charge is 0.457 e. The van der Waals surface area contributed by atoms with Crippen LogP contribution < -0.4 is 4.74 Å². The van der Waals surface area contributed by atoms with Crippen LogP contribution in [0.1, 0.15) is 59.3 Å². The van der Waals surface area contributed by atoms with E-state index in [1.165, 1.54) is 33.0 Å². The van der Waals surface area contributed by atoms with E-state index < -0.39 is 0 Å². The molecule has 0 saturated carbocycles. The topological polar surface area (TPSA) is 26.3 Å². The molecule has 0 atom stereocenters. The number of Topliss-reactive ketones (excluding diaryl/α,β-unsaturated/α-hetero) is 1. The number of fused-ring (bicyclic) bond motifs is 2. The Bertz CT molecular complexity index is 1430. The number of carbonyl (C=O) groups is 1. The summed E-state index contributed by atoms with van der Waals surface area (Å²) in [5, 5.41) is 2.75. The van der Waals surface area contributed by atoms with Crippen molar-refractivity contribution in [3.63, 3.8) is 0 Å². The van der Waals surface area contributed by atoms with E-state index in [2.05, 4.69) is 63.2 Å². The van der Waals surface area contributed by atoms with Gasteiger partial charge in [-0.15, -0.1) is 0 Å². The van der Waals surface area contributed by atoms with Crippen molar-refractivity contribution in [3.05, 3.63) is 143 Å². The summed E-state index contributed by atoms with van der Waals surface area (Å²) in [5.74, 6) is 2.07. The van der Waals surface area contributed by atoms with E-state index in [1.54, 1.807) is 0 Å². The van der Waals surface area contributed by atoms with E-state index >= 15 is 0 Å². The maximum atomic E-state index is 11.3. The molecule has 6 rings (SSSR count). The van der Waals surface area contributed by atoms with Gasteiger partial charge in [-0.1, -0.05) is 105 Å². The molecule has 0 radical (unpaired) electrons. The van der Waals surface area contributed by atoms with Gasteiger partial charge < -0.3 is 4.74 Å². The zero-order chi connectivity index (χ0) is 28.0. The lowest BCUT2D eigenvalue weighted by atomic mass is 9.91. The molecule has 5 aromatic rings. The van der Waals surface area contributed by atoms with E-state index in [9.17, 15) is 4.79 Å². The molecule has 0 aliphatic heterocycles. The number of hydrogen-bond acceptors (Lipinski definition) is 2. The Morgan fingerprint density at radius 3 is 1.74 bits per heavy atom. The summed E-state index contributed by atoms with van der Waals surface area (Å²) in [6.07, 6.45) is 2.83. The van der Waals surface area contributed by atoms with Gasteiger partial charge in [-0.25, -0.2) is 0 Å². The average Bonchev–Trinajstić information content (AvgIpc) is 2.98. The molecule has 0 bridgehead atoms. The van der Waals surface area contributed by atoms with Gasteiger partial charge in [0.1, 0.15) is 11.5 Å². The van der Waals surface area contributed by atoms with E-state index in [4.69, 9.17) is 4.74 Å². The van der Waals surface area contributed by atoms with Crippen LogP contribution in [0.5, 0.6) is 11.5 Å². The highest BCUT2D eigenvalue weighted by Crippen LogP contribution is 2.22. The van der Waals surface area contributed by atoms with Gasteiger partial charge in [-0.2, -0.15) is 0 Å². The maximum absolute atomic E-state index is 11.3. The molecular weight excluding hydrogens is 476 g/mol. The first kappa shape index (κ1) is 29.4. The van der Waals surface area contributed by atoms with Gasteiger partial charge in [0.25, 0.3) is 0 Å². The minimum atomic E-state index is 0.312. The lowest BCUT2D eigenvalue weighted by molar-refractivity contribution is 0.0972. The van der Waals surface area contributed by atoms with Gasteiger partial charge >= 0.3 is 0 Å². The first-order chi connectivity index (χ1) is 19.0. The molecule has 200 valence electrons. The Morgan fingerprint density at radius 1 is 0.564 bits per heavy atom. The molecule has 0 unspecified atom stereocenters. The molecule has 0 fully saturated rings. The number of para-hydroxylation sites is 1. The SMILES string of the molecule is CC.Cc1ccc(C)c2ccccc12.Cc1cccc(Oc2ccccc2)c1.O=C1CCCc2ccccc21. The van der Waals surface area contributed by atoms with Gasteiger partial charge in [-0.05, 0) is 90.9 Å². The Kier molecular flexibility index (Phi) is 11.5. The first-order valence-corrected chi connectivity index (χ1v) is 13.9. The number of benzene rings is 5. The predicted molar refractivity (Wildman–Crippen MR) is 166 cm³/mol. The fraction of sp³-hybridized carbons (Fsp3) is 0.216. The first-order valence-electron chi connectivity index (χ1n) is 13.9. The zero-order valence-electron chi connectivity index (χ0n) is 23.9. The summed E-state index contributed by atoms with van der Waals surface area (Å²) < 4.78 is 5.66. The molecule has 0 heterocycles. The third kappa shape index (κ3) is 8.68. The smallest absolute Gasteiger partial charge is 0.163 e. The molecule has 0 saturated heterocycles. The van der Waals surface area contributed by atoms with Gasteiger partial charge in [0, 0.05) is 12.0 Å². The third-order valence-electron chi connectivity index (χ3n) is 6.50. The highest BCUT2D eigenvalue weighted by atomic mass is 16.5. The van der Waals surface area contributed by atoms with Crippen molar-refractivity contribution in [1.82, 2.24) is 0 Å². The highest BCUT2D eigenvalue weighted by Gasteiger charge is 2.15. The summed E-state index contributed by atoms with van der Waals surface area (Å²) >= 11 is 0. The lowest BCUT2D eigenvalue weighted by Crippen LogP contribution is -2.09. The molecular formula is C37H40O2. The van der Waals surface area contributed by atoms with Gasteiger partial charge in [-0.3, -0.25) is 4.79 Å². The highest BCUT2D eigenvalue weighted by molar-refractivity contribution is 5.98. The second-order valence-electron chi connectivity index (χ2n) is 9.41. The van der Waals surface area contributed by atoms with Crippen molar-refractivity contribution in [2.24, 2.45) is 0 Å². The van der Waals surface area contributed by atoms with Crippen LogP contribution in [-0.2, 0) is 6.42 Å². The minimum Gasteiger partial charge on any atom is -0.457 e. The Morgan fingerprint density at radius 2 is 1.13 bits per heavy atom. The summed E-state index contributed by atoms with van der Waals surface area (Å²) in [5.41, 5.74) is 6.09. The lowest BCUT2D eigenvalue weighted by Gasteiger charge is -2.12. The second-order valence-corrected chi connectivity index (χ2v) is 9.41. The fourth-order valence-corrected chi connectivity index (χ4v) is 4.49. The van der Waals surface area contributed by atoms with E-state index in [0.717, 1.165) is 36.3 Å². The molecule has 1 aliphatic carbocycles. The molecule has 0 aromatic heterocycles. The van der Waals surface area contributed by atoms with Gasteiger partial charge in [0.05, 0.1) is 0 Å². The van der Waals surface area contributed by atoms with Crippen LogP contribution in [0.3, 0.4) is 0 Å². The van der Waals surface area contributed by atoms with E-state index in [-0.39, 0.29) is 0 Å². The molecule has 5 aromatic carbocycles. The zero-order valence-corrected chi connectivity index (χ0v) is 23.9. The molecule has 1 aliphatic rings. The second kappa shape index (κ2) is 15.3. The minimum absolute atomic E-state index is 0.312. The van der Waals surface area contributed by atoms with Crippen molar-refractivity contribution < 1.29 is 9.53 Å². The Balaban J connectivity index is 0.000000158. The number of carbonyl (C=O) groups excluding carboxylic acids is 1. The molecule has 2 nitrogen and oxygen atoms in total. The quantitative estimate of drug-likeness (QED) is 0.233. The number of rotatable bonds is 2. The van der Waals surface area contributed by atoms with Crippen LogP contribution in [0, 0.1) is 20.8 Å². The molecule has 0 spiro atoms. The monoisotopic (exact) mass is 516 g/mol. The van der Waals surface area contributed by atoms with Crippen molar-refractivity contribution in [2.75, 3.05) is 0 Å². The van der Waals surface area contributed by atoms with E-state index in [0.29, 0.717) is 5.78 Å². The van der Waals surface area contributed by atoms with Crippen LogP contribution in [0.4, 0.5) is 0 Å². The molecule has 39 heavy (non-hydrogen) atoms. The standard InChI is InChI=1S/C13H12O.C12H12.C10H10O.C2H6/c1-11-6-5-9-13(10-11)14-12-7-3-2-4-8-12;1-9-7-8-10(2)12-6-4-3-5-11(9)12;11-10-7-3-5-8-4-1-2-6-9(8)10;1-2/h2-10H,1H3;3-8H,1-2H3;1-2,4,6H,3,5,7H2;1-2H3. The number of ether oxygens (including phenoxy) is 1. The summed E-state index contributed by atoms with van der Waals surface area (Å²) in [6, 6.07) is 38.6. The number of ketones is 1. The van der Waals surface area contributed by atoms with Crippen LogP contribution in [0.25, 0.3) is 10.8 Å². The van der Waals surface area contributed by atoms with Crippen molar-refractivity contribution >= 4 is 16.6 Å². The van der Waals surface area contributed by atoms with Crippen LogP contribution in [0.15, 0.2) is 115 Å². The third-order valence-corrected chi connectivity index (χ3v) is 6.50. The predicted octanol–water partition coefficient (Wildman–Crippen LogP) is 10.5. The van der Waals surface area contributed by atoms with Crippen LogP contribution in [0.2, 0.25) is 0 Å². The van der Waals surface area contributed by atoms with E-state index in [1.807, 2.05) is 86.6 Å². The molecule has 0 amide bonds. The number of aryl methyl sites for hydroxylation is 4. The summed E-state index contributed by atoms with van der Waals surface area (Å²) in [4.78, 5) is 11.3.